The minimum atomic E-state index is -0.689. The zero-order valence-corrected chi connectivity index (χ0v) is 17.4. The van der Waals surface area contributed by atoms with Crippen molar-refractivity contribution in [2.75, 3.05) is 6.61 Å². The number of halogens is 1. The van der Waals surface area contributed by atoms with E-state index in [9.17, 15) is 9.59 Å². The van der Waals surface area contributed by atoms with Crippen LogP contribution >= 0.6 is 11.6 Å². The molecule has 32 heavy (non-hydrogen) atoms. The van der Waals surface area contributed by atoms with Crippen LogP contribution in [0.25, 0.3) is 11.0 Å². The zero-order chi connectivity index (χ0) is 22.2. The molecule has 2 N–H and O–H groups in total. The Morgan fingerprint density at radius 1 is 1.19 bits per heavy atom. The van der Waals surface area contributed by atoms with Gasteiger partial charge in [-0.3, -0.25) is 14.2 Å². The minimum absolute atomic E-state index is 0.0175. The van der Waals surface area contributed by atoms with E-state index in [0.717, 1.165) is 5.56 Å². The Bertz CT molecular complexity index is 1370. The first-order valence-corrected chi connectivity index (χ1v) is 10.2. The number of primary amides is 1. The summed E-state index contributed by atoms with van der Waals surface area (Å²) in [6.45, 7) is 0.526. The second-order valence-corrected chi connectivity index (χ2v) is 7.90. The van der Waals surface area contributed by atoms with Crippen LogP contribution in [0.15, 0.2) is 52.0 Å². The molecule has 0 unspecified atom stereocenters. The van der Waals surface area contributed by atoms with Crippen LogP contribution in [0.5, 0.6) is 0 Å². The largest absolute Gasteiger partial charge is 0.373 e. The topological polar surface area (TPSA) is 139 Å². The third-order valence-electron chi connectivity index (χ3n) is 5.33. The predicted octanol–water partition coefficient (Wildman–Crippen LogP) is 2.22. The van der Waals surface area contributed by atoms with Gasteiger partial charge in [0.05, 0.1) is 18.1 Å². The summed E-state index contributed by atoms with van der Waals surface area (Å²) >= 11 is 5.95. The molecule has 1 aromatic carbocycles. The summed E-state index contributed by atoms with van der Waals surface area (Å²) in [5.74, 6) is 0.104. The lowest BCUT2D eigenvalue weighted by Crippen LogP contribution is -2.22. The van der Waals surface area contributed by atoms with Gasteiger partial charge in [0.2, 0.25) is 5.89 Å². The fraction of sp³-hybridized carbons (Fsp3) is 0.238. The average molecular weight is 453 g/mol. The van der Waals surface area contributed by atoms with Gasteiger partial charge in [-0.25, -0.2) is 9.97 Å². The van der Waals surface area contributed by atoms with E-state index in [4.69, 9.17) is 26.6 Å². The molecule has 0 saturated carbocycles. The van der Waals surface area contributed by atoms with E-state index in [1.165, 1.54) is 23.0 Å². The minimum Gasteiger partial charge on any atom is -0.373 e. The van der Waals surface area contributed by atoms with Crippen LogP contribution in [0.3, 0.4) is 0 Å². The van der Waals surface area contributed by atoms with Crippen molar-refractivity contribution in [1.29, 1.82) is 0 Å². The summed E-state index contributed by atoms with van der Waals surface area (Å²) in [5.41, 5.74) is 6.11. The summed E-state index contributed by atoms with van der Waals surface area (Å²) in [4.78, 5) is 36.6. The van der Waals surface area contributed by atoms with Crippen LogP contribution in [0.4, 0.5) is 0 Å². The highest BCUT2D eigenvalue weighted by Crippen LogP contribution is 2.37. The van der Waals surface area contributed by atoms with Gasteiger partial charge < -0.3 is 15.0 Å². The maximum atomic E-state index is 12.7. The molecular formula is C21H17ClN6O4. The summed E-state index contributed by atoms with van der Waals surface area (Å²) in [5, 5.41) is 5.00. The number of benzene rings is 1. The van der Waals surface area contributed by atoms with Crippen LogP contribution in [0.2, 0.25) is 5.02 Å². The van der Waals surface area contributed by atoms with Gasteiger partial charge in [0, 0.05) is 10.9 Å². The van der Waals surface area contributed by atoms with Crippen molar-refractivity contribution in [2.24, 2.45) is 5.73 Å². The Balaban J connectivity index is 1.32. The van der Waals surface area contributed by atoms with Crippen LogP contribution < -0.4 is 11.3 Å². The molecule has 5 rings (SSSR count). The maximum absolute atomic E-state index is 12.7. The monoisotopic (exact) mass is 452 g/mol. The van der Waals surface area contributed by atoms with Crippen LogP contribution in [-0.2, 0) is 11.3 Å². The van der Waals surface area contributed by atoms with Gasteiger partial charge in [0.1, 0.15) is 18.6 Å². The molecule has 10 nitrogen and oxygen atoms in total. The van der Waals surface area contributed by atoms with Crippen molar-refractivity contribution in [2.45, 2.75) is 25.0 Å². The van der Waals surface area contributed by atoms with Gasteiger partial charge in [-0.05, 0) is 36.2 Å². The van der Waals surface area contributed by atoms with Crippen molar-refractivity contribution in [3.63, 3.8) is 0 Å². The normalized spacial score (nSPS) is 18.3. The van der Waals surface area contributed by atoms with Crippen LogP contribution in [0.1, 0.15) is 46.2 Å². The summed E-state index contributed by atoms with van der Waals surface area (Å²) < 4.78 is 12.6. The quantitative estimate of drug-likeness (QED) is 0.486. The van der Waals surface area contributed by atoms with E-state index in [0.29, 0.717) is 23.9 Å². The number of hydrogen-bond donors (Lipinski definition) is 1. The molecule has 1 fully saturated rings. The summed E-state index contributed by atoms with van der Waals surface area (Å²) in [6.07, 6.45) is 1.97. The highest BCUT2D eigenvalue weighted by Gasteiger charge is 2.31. The first-order valence-electron chi connectivity index (χ1n) is 9.83. The number of pyridine rings is 1. The van der Waals surface area contributed by atoms with Crippen molar-refractivity contribution < 1.29 is 14.1 Å². The van der Waals surface area contributed by atoms with E-state index in [1.807, 2.05) is 24.3 Å². The average Bonchev–Trinajstić information content (AvgIpc) is 3.46. The van der Waals surface area contributed by atoms with Gasteiger partial charge in [-0.2, -0.15) is 4.98 Å². The number of nitrogens with two attached hydrogens (primary N) is 1. The molecule has 2 atom stereocenters. The highest BCUT2D eigenvalue weighted by atomic mass is 35.5. The molecule has 0 radical (unpaired) electrons. The molecule has 1 aliphatic heterocycles. The Morgan fingerprint density at radius 2 is 2.00 bits per heavy atom. The van der Waals surface area contributed by atoms with Gasteiger partial charge >= 0.3 is 0 Å². The third kappa shape index (κ3) is 3.85. The molecular weight excluding hydrogens is 436 g/mol. The van der Waals surface area contributed by atoms with Crippen molar-refractivity contribution in [1.82, 2.24) is 24.7 Å². The number of fused-ring (bicyclic) bond motifs is 1. The van der Waals surface area contributed by atoms with Crippen LogP contribution in [0, 0.1) is 0 Å². The predicted molar refractivity (Wildman–Crippen MR) is 113 cm³/mol. The van der Waals surface area contributed by atoms with E-state index in [1.54, 1.807) is 0 Å². The Hall–Kier alpha value is -3.63. The lowest BCUT2D eigenvalue weighted by atomic mass is 10.0. The highest BCUT2D eigenvalue weighted by molar-refractivity contribution is 6.30. The Morgan fingerprint density at radius 3 is 2.78 bits per heavy atom. The first-order chi connectivity index (χ1) is 15.5. The van der Waals surface area contributed by atoms with Gasteiger partial charge in [0.15, 0.2) is 11.5 Å². The Labute approximate surface area is 186 Å². The number of ether oxygens (including phenoxy) is 1. The van der Waals surface area contributed by atoms with E-state index >= 15 is 0 Å². The molecule has 4 aromatic rings. The molecule has 0 aliphatic carbocycles. The molecule has 4 heterocycles. The summed E-state index contributed by atoms with van der Waals surface area (Å²) in [7, 11) is 0. The summed E-state index contributed by atoms with van der Waals surface area (Å²) in [6, 6.07) is 10.4. The van der Waals surface area contributed by atoms with E-state index in [-0.39, 0.29) is 46.7 Å². The lowest BCUT2D eigenvalue weighted by Gasteiger charge is -2.09. The molecule has 162 valence electrons. The van der Waals surface area contributed by atoms with E-state index < -0.39 is 5.91 Å². The number of carbonyl (C=O) groups excluding carboxylic acids is 1. The fourth-order valence-electron chi connectivity index (χ4n) is 3.66. The maximum Gasteiger partial charge on any atom is 0.267 e. The van der Waals surface area contributed by atoms with Gasteiger partial charge in [-0.1, -0.05) is 28.9 Å². The number of carbonyl (C=O) groups is 1. The smallest absolute Gasteiger partial charge is 0.267 e. The lowest BCUT2D eigenvalue weighted by molar-refractivity contribution is 0.0996. The molecule has 1 aliphatic rings. The second kappa shape index (κ2) is 8.13. The fourth-order valence-corrected chi connectivity index (χ4v) is 3.78. The SMILES string of the molecule is NC(=O)c1ccc2c(=O)n(Cc3nc([C@@H]4CO[C@@H](c5ccc(Cl)cc5)C4)no3)cnc2n1. The standard InChI is InChI=1S/C21H17ClN6O4/c22-13-3-1-11(2-4-13)16-7-12(9-31-16)19-26-17(32-27-19)8-28-10-24-20-14(21(28)30)5-6-15(25-20)18(23)29/h1-6,10,12,16H,7-9H2,(H2,23,29)/t12-,16+/m0/s1. The first kappa shape index (κ1) is 20.3. The van der Waals surface area contributed by atoms with Crippen LogP contribution in [-0.4, -0.2) is 37.2 Å². The van der Waals surface area contributed by atoms with Gasteiger partial charge in [0.25, 0.3) is 11.5 Å². The molecule has 3 aromatic heterocycles. The Kier molecular flexibility index (Phi) is 5.16. The molecule has 11 heteroatoms. The molecule has 0 spiro atoms. The number of aromatic nitrogens is 5. The van der Waals surface area contributed by atoms with Crippen molar-refractivity contribution in [3.8, 4) is 0 Å². The number of hydrogen-bond acceptors (Lipinski definition) is 8. The molecule has 1 saturated heterocycles. The zero-order valence-electron chi connectivity index (χ0n) is 16.6. The van der Waals surface area contributed by atoms with Crippen molar-refractivity contribution >= 4 is 28.5 Å². The second-order valence-electron chi connectivity index (χ2n) is 7.46. The number of rotatable bonds is 5. The number of amides is 1. The molecule has 1 amide bonds. The van der Waals surface area contributed by atoms with Gasteiger partial charge in [-0.15, -0.1) is 0 Å². The third-order valence-corrected chi connectivity index (χ3v) is 5.58. The van der Waals surface area contributed by atoms with E-state index in [2.05, 4.69) is 20.1 Å². The molecule has 0 bridgehead atoms. The number of nitrogens with zero attached hydrogens (tertiary/aromatic N) is 5. The van der Waals surface area contributed by atoms with Crippen molar-refractivity contribution in [3.05, 3.63) is 81.1 Å².